The van der Waals surface area contributed by atoms with Crippen molar-refractivity contribution in [3.63, 3.8) is 0 Å². The summed E-state index contributed by atoms with van der Waals surface area (Å²) < 4.78 is 1.64. The number of rotatable bonds is 5. The third kappa shape index (κ3) is 3.84. The Balaban J connectivity index is 2.21. The molecular formula is C16H13ClN4O. The standard InChI is InChI=1S/C16H13ClN4O/c1-2-7-19-16(22)13(9-18)8-12-10-20-21(11-12)15-5-3-14(17)4-6-15/h2-6,8,10-11H,1,7H2,(H,19,22). The summed E-state index contributed by atoms with van der Waals surface area (Å²) in [6.45, 7) is 3.81. The highest BCUT2D eigenvalue weighted by molar-refractivity contribution is 6.30. The Labute approximate surface area is 133 Å². The minimum atomic E-state index is -0.443. The second-order valence-electron chi connectivity index (χ2n) is 4.36. The molecule has 0 aliphatic rings. The van der Waals surface area contributed by atoms with Crippen LogP contribution in [0.2, 0.25) is 5.02 Å². The van der Waals surface area contributed by atoms with Crippen molar-refractivity contribution in [3.8, 4) is 11.8 Å². The molecule has 1 amide bonds. The fourth-order valence-electron chi connectivity index (χ4n) is 1.72. The molecule has 0 aliphatic heterocycles. The Morgan fingerprint density at radius 1 is 1.45 bits per heavy atom. The van der Waals surface area contributed by atoms with Gasteiger partial charge in [0.15, 0.2) is 0 Å². The summed E-state index contributed by atoms with van der Waals surface area (Å²) >= 11 is 5.84. The maximum Gasteiger partial charge on any atom is 0.262 e. The highest BCUT2D eigenvalue weighted by Crippen LogP contribution is 2.14. The maximum absolute atomic E-state index is 11.8. The van der Waals surface area contributed by atoms with Crippen LogP contribution >= 0.6 is 11.6 Å². The Hall–Kier alpha value is -2.84. The number of benzene rings is 1. The molecule has 0 aliphatic carbocycles. The van der Waals surface area contributed by atoms with Crippen molar-refractivity contribution in [1.29, 1.82) is 5.26 Å². The van der Waals surface area contributed by atoms with Gasteiger partial charge in [0.2, 0.25) is 0 Å². The number of carbonyl (C=O) groups is 1. The van der Waals surface area contributed by atoms with Crippen molar-refractivity contribution in [2.75, 3.05) is 6.54 Å². The molecule has 0 saturated carbocycles. The highest BCUT2D eigenvalue weighted by atomic mass is 35.5. The summed E-state index contributed by atoms with van der Waals surface area (Å²) in [5.41, 5.74) is 1.50. The lowest BCUT2D eigenvalue weighted by Gasteiger charge is -2.00. The maximum atomic E-state index is 11.8. The van der Waals surface area contributed by atoms with Gasteiger partial charge in [-0.25, -0.2) is 4.68 Å². The molecule has 0 saturated heterocycles. The van der Waals surface area contributed by atoms with Crippen LogP contribution < -0.4 is 5.32 Å². The third-order valence-electron chi connectivity index (χ3n) is 2.78. The van der Waals surface area contributed by atoms with Gasteiger partial charge in [-0.05, 0) is 30.3 Å². The molecule has 1 heterocycles. The van der Waals surface area contributed by atoms with Gasteiger partial charge < -0.3 is 5.32 Å². The highest BCUT2D eigenvalue weighted by Gasteiger charge is 2.08. The van der Waals surface area contributed by atoms with E-state index in [-0.39, 0.29) is 5.57 Å². The number of halogens is 1. The first-order chi connectivity index (χ1) is 10.6. The number of nitriles is 1. The summed E-state index contributed by atoms with van der Waals surface area (Å²) in [5.74, 6) is -0.443. The van der Waals surface area contributed by atoms with Crippen LogP contribution in [0.25, 0.3) is 11.8 Å². The number of carbonyl (C=O) groups excluding carboxylic acids is 1. The first-order valence-corrected chi connectivity index (χ1v) is 6.83. The normalized spacial score (nSPS) is 10.8. The second-order valence-corrected chi connectivity index (χ2v) is 4.80. The molecule has 110 valence electrons. The number of nitrogens with zero attached hydrogens (tertiary/aromatic N) is 3. The van der Waals surface area contributed by atoms with Crippen LogP contribution in [0.15, 0.2) is 54.9 Å². The molecule has 0 spiro atoms. The van der Waals surface area contributed by atoms with Crippen molar-refractivity contribution in [3.05, 3.63) is 65.5 Å². The second kappa shape index (κ2) is 7.25. The monoisotopic (exact) mass is 312 g/mol. The van der Waals surface area contributed by atoms with Gasteiger partial charge >= 0.3 is 0 Å². The third-order valence-corrected chi connectivity index (χ3v) is 3.03. The number of hydrogen-bond donors (Lipinski definition) is 1. The van der Waals surface area contributed by atoms with Crippen molar-refractivity contribution in [2.24, 2.45) is 0 Å². The minimum absolute atomic E-state index is 0.0116. The molecule has 0 unspecified atom stereocenters. The van der Waals surface area contributed by atoms with Crippen molar-refractivity contribution < 1.29 is 4.79 Å². The van der Waals surface area contributed by atoms with E-state index in [1.165, 1.54) is 6.08 Å². The van der Waals surface area contributed by atoms with Crippen LogP contribution in [-0.2, 0) is 4.79 Å². The molecule has 2 rings (SSSR count). The quantitative estimate of drug-likeness (QED) is 0.524. The van der Waals surface area contributed by atoms with Gasteiger partial charge in [0.1, 0.15) is 11.6 Å². The van der Waals surface area contributed by atoms with Gasteiger partial charge in [0, 0.05) is 23.3 Å². The van der Waals surface area contributed by atoms with E-state index in [4.69, 9.17) is 16.9 Å². The molecule has 0 bridgehead atoms. The van der Waals surface area contributed by atoms with Gasteiger partial charge in [-0.3, -0.25) is 4.79 Å². The number of aromatic nitrogens is 2. The number of amides is 1. The van der Waals surface area contributed by atoms with Crippen LogP contribution in [0.4, 0.5) is 0 Å². The minimum Gasteiger partial charge on any atom is -0.348 e. The van der Waals surface area contributed by atoms with E-state index < -0.39 is 5.91 Å². The zero-order valence-corrected chi connectivity index (χ0v) is 12.4. The molecule has 22 heavy (non-hydrogen) atoms. The number of hydrogen-bond acceptors (Lipinski definition) is 3. The van der Waals surface area contributed by atoms with Gasteiger partial charge in [-0.15, -0.1) is 6.58 Å². The van der Waals surface area contributed by atoms with Gasteiger partial charge in [-0.1, -0.05) is 17.7 Å². The molecule has 1 N–H and O–H groups in total. The van der Waals surface area contributed by atoms with Crippen molar-refractivity contribution >= 4 is 23.6 Å². The summed E-state index contributed by atoms with van der Waals surface area (Å²) in [6.07, 6.45) is 6.33. The van der Waals surface area contributed by atoms with E-state index in [0.29, 0.717) is 17.1 Å². The average Bonchev–Trinajstić information content (AvgIpc) is 2.99. The van der Waals surface area contributed by atoms with E-state index in [1.807, 2.05) is 18.2 Å². The number of nitrogens with one attached hydrogen (secondary N) is 1. The van der Waals surface area contributed by atoms with E-state index in [0.717, 1.165) is 5.69 Å². The Kier molecular flexibility index (Phi) is 5.12. The molecule has 1 aromatic carbocycles. The molecule has 0 fully saturated rings. The van der Waals surface area contributed by atoms with E-state index in [1.54, 1.807) is 35.3 Å². The van der Waals surface area contributed by atoms with Gasteiger partial charge in [0.25, 0.3) is 5.91 Å². The van der Waals surface area contributed by atoms with Gasteiger partial charge in [0.05, 0.1) is 11.9 Å². The lowest BCUT2D eigenvalue weighted by atomic mass is 10.2. The Morgan fingerprint density at radius 2 is 2.18 bits per heavy atom. The van der Waals surface area contributed by atoms with Crippen molar-refractivity contribution in [1.82, 2.24) is 15.1 Å². The predicted molar refractivity (Wildman–Crippen MR) is 85.4 cm³/mol. The van der Waals surface area contributed by atoms with E-state index >= 15 is 0 Å². The molecule has 2 aromatic rings. The zero-order valence-electron chi connectivity index (χ0n) is 11.7. The molecular weight excluding hydrogens is 300 g/mol. The fourth-order valence-corrected chi connectivity index (χ4v) is 1.85. The summed E-state index contributed by atoms with van der Waals surface area (Å²) in [4.78, 5) is 11.8. The molecule has 0 radical (unpaired) electrons. The first kappa shape index (κ1) is 15.5. The van der Waals surface area contributed by atoms with Crippen LogP contribution in [0, 0.1) is 11.3 Å². The van der Waals surface area contributed by atoms with Crippen LogP contribution in [0.1, 0.15) is 5.56 Å². The molecule has 5 nitrogen and oxygen atoms in total. The Bertz CT molecular complexity index is 753. The van der Waals surface area contributed by atoms with Crippen LogP contribution in [-0.4, -0.2) is 22.2 Å². The average molecular weight is 313 g/mol. The lowest BCUT2D eigenvalue weighted by molar-refractivity contribution is -0.116. The fraction of sp³-hybridized carbons (Fsp3) is 0.0625. The predicted octanol–water partition coefficient (Wildman–Crippen LogP) is 2.73. The SMILES string of the molecule is C=CCNC(=O)C(C#N)=Cc1cnn(-c2ccc(Cl)cc2)c1. The van der Waals surface area contributed by atoms with E-state index in [2.05, 4.69) is 17.0 Å². The zero-order chi connectivity index (χ0) is 15.9. The smallest absolute Gasteiger partial charge is 0.262 e. The lowest BCUT2D eigenvalue weighted by Crippen LogP contribution is -2.24. The molecule has 1 aromatic heterocycles. The van der Waals surface area contributed by atoms with Crippen LogP contribution in [0.3, 0.4) is 0 Å². The summed E-state index contributed by atoms with van der Waals surface area (Å²) in [5, 5.41) is 16.5. The summed E-state index contributed by atoms with van der Waals surface area (Å²) in [7, 11) is 0. The Morgan fingerprint density at radius 3 is 2.82 bits per heavy atom. The molecule has 0 atom stereocenters. The summed E-state index contributed by atoms with van der Waals surface area (Å²) in [6, 6.07) is 9.05. The first-order valence-electron chi connectivity index (χ1n) is 6.45. The van der Waals surface area contributed by atoms with Crippen molar-refractivity contribution in [2.45, 2.75) is 0 Å². The largest absolute Gasteiger partial charge is 0.348 e. The topological polar surface area (TPSA) is 70.7 Å². The molecule has 6 heteroatoms. The van der Waals surface area contributed by atoms with Gasteiger partial charge in [-0.2, -0.15) is 10.4 Å². The van der Waals surface area contributed by atoms with E-state index in [9.17, 15) is 4.79 Å². The van der Waals surface area contributed by atoms with Crippen LogP contribution in [0.5, 0.6) is 0 Å².